The normalized spacial score (nSPS) is 10.4. The number of aromatic nitrogens is 1. The number of hydrogen-bond acceptors (Lipinski definition) is 4. The van der Waals surface area contributed by atoms with Gasteiger partial charge in [0.15, 0.2) is 0 Å². The Bertz CT molecular complexity index is 622. The van der Waals surface area contributed by atoms with Crippen molar-refractivity contribution in [2.24, 2.45) is 0 Å². The molecule has 0 spiro atoms. The summed E-state index contributed by atoms with van der Waals surface area (Å²) in [6.45, 7) is 7.48. The Morgan fingerprint density at radius 2 is 2.14 bits per heavy atom. The molecule has 1 amide bonds. The maximum absolute atomic E-state index is 12.3. The zero-order valence-corrected chi connectivity index (χ0v) is 13.5. The summed E-state index contributed by atoms with van der Waals surface area (Å²) in [4.78, 5) is 19.0. The number of carbonyl (C=O) groups excluding carboxylic acids is 1. The number of aryl methyl sites for hydroxylation is 2. The van der Waals surface area contributed by atoms with E-state index in [1.807, 2.05) is 19.1 Å². The Labute approximate surface area is 129 Å². The molecule has 0 saturated carbocycles. The average molecular weight is 303 g/mol. The number of pyridine rings is 1. The van der Waals surface area contributed by atoms with Gasteiger partial charge >= 0.3 is 0 Å². The van der Waals surface area contributed by atoms with Crippen LogP contribution < -0.4 is 10.6 Å². The van der Waals surface area contributed by atoms with Crippen LogP contribution in [0.25, 0.3) is 0 Å². The first-order chi connectivity index (χ1) is 10.1. The van der Waals surface area contributed by atoms with Crippen molar-refractivity contribution in [3.63, 3.8) is 0 Å². The lowest BCUT2D eigenvalue weighted by atomic mass is 10.2. The van der Waals surface area contributed by atoms with Crippen LogP contribution in [-0.2, 0) is 6.54 Å². The highest BCUT2D eigenvalue weighted by molar-refractivity contribution is 7.11. The molecule has 0 fully saturated rings. The van der Waals surface area contributed by atoms with Crippen LogP contribution in [0.1, 0.15) is 39.2 Å². The molecule has 0 atom stereocenters. The largest absolute Gasteiger partial charge is 0.384 e. The Morgan fingerprint density at radius 1 is 1.33 bits per heavy atom. The third-order valence-electron chi connectivity index (χ3n) is 3.07. The highest BCUT2D eigenvalue weighted by Gasteiger charge is 2.12. The van der Waals surface area contributed by atoms with Crippen LogP contribution in [0.4, 0.5) is 5.69 Å². The van der Waals surface area contributed by atoms with Crippen molar-refractivity contribution < 1.29 is 4.79 Å². The summed E-state index contributed by atoms with van der Waals surface area (Å²) in [7, 11) is 0. The highest BCUT2D eigenvalue weighted by Crippen LogP contribution is 2.17. The second kappa shape index (κ2) is 7.22. The van der Waals surface area contributed by atoms with Gasteiger partial charge in [-0.05, 0) is 38.5 Å². The minimum absolute atomic E-state index is 0.0906. The molecule has 0 aliphatic heterocycles. The Morgan fingerprint density at radius 3 is 2.81 bits per heavy atom. The first-order valence-electron chi connectivity index (χ1n) is 7.14. The second-order valence-corrected chi connectivity index (χ2v) is 6.37. The minimum atomic E-state index is -0.0906. The third kappa shape index (κ3) is 4.29. The van der Waals surface area contributed by atoms with Crippen molar-refractivity contribution >= 4 is 22.9 Å². The molecule has 0 bridgehead atoms. The molecule has 0 saturated heterocycles. The number of amides is 1. The van der Waals surface area contributed by atoms with E-state index in [9.17, 15) is 4.79 Å². The summed E-state index contributed by atoms with van der Waals surface area (Å²) in [6, 6.07) is 6.03. The third-order valence-corrected chi connectivity index (χ3v) is 4.07. The van der Waals surface area contributed by atoms with Gasteiger partial charge in [0.05, 0.1) is 17.8 Å². The van der Waals surface area contributed by atoms with E-state index >= 15 is 0 Å². The number of rotatable bonds is 6. The van der Waals surface area contributed by atoms with E-state index in [4.69, 9.17) is 0 Å². The SMILES string of the molecule is CCCNc1cc(C)ncc1C(=O)NCc1ccc(C)s1. The van der Waals surface area contributed by atoms with Gasteiger partial charge in [-0.1, -0.05) is 6.92 Å². The molecule has 0 aliphatic rings. The van der Waals surface area contributed by atoms with Gasteiger partial charge in [0.25, 0.3) is 5.91 Å². The molecule has 0 radical (unpaired) electrons. The Kier molecular flexibility index (Phi) is 5.33. The van der Waals surface area contributed by atoms with Crippen molar-refractivity contribution in [1.29, 1.82) is 0 Å². The predicted octanol–water partition coefficient (Wildman–Crippen LogP) is 3.51. The maximum atomic E-state index is 12.3. The van der Waals surface area contributed by atoms with Crippen LogP contribution in [0, 0.1) is 13.8 Å². The number of nitrogens with zero attached hydrogens (tertiary/aromatic N) is 1. The van der Waals surface area contributed by atoms with Crippen molar-refractivity contribution in [2.45, 2.75) is 33.7 Å². The van der Waals surface area contributed by atoms with E-state index in [0.29, 0.717) is 12.1 Å². The zero-order chi connectivity index (χ0) is 15.2. The monoisotopic (exact) mass is 303 g/mol. The number of carbonyl (C=O) groups is 1. The Hall–Kier alpha value is -1.88. The number of hydrogen-bond donors (Lipinski definition) is 2. The fourth-order valence-electron chi connectivity index (χ4n) is 1.99. The molecular formula is C16H21N3OS. The molecule has 4 nitrogen and oxygen atoms in total. The smallest absolute Gasteiger partial charge is 0.255 e. The molecular weight excluding hydrogens is 282 g/mol. The standard InChI is InChI=1S/C16H21N3OS/c1-4-7-17-15-8-11(2)18-10-14(15)16(20)19-9-13-6-5-12(3)21-13/h5-6,8,10H,4,7,9H2,1-3H3,(H,17,18)(H,19,20). The molecule has 0 unspecified atom stereocenters. The molecule has 2 aromatic rings. The molecule has 2 aromatic heterocycles. The summed E-state index contributed by atoms with van der Waals surface area (Å²) in [5.74, 6) is -0.0906. The molecule has 2 rings (SSSR count). The van der Waals surface area contributed by atoms with E-state index in [-0.39, 0.29) is 5.91 Å². The average Bonchev–Trinajstić information content (AvgIpc) is 2.88. The van der Waals surface area contributed by atoms with Crippen LogP contribution in [0.15, 0.2) is 24.4 Å². The van der Waals surface area contributed by atoms with Gasteiger partial charge in [-0.15, -0.1) is 11.3 Å². The molecule has 2 heterocycles. The van der Waals surface area contributed by atoms with Crippen molar-refractivity contribution in [3.05, 3.63) is 45.4 Å². The second-order valence-electron chi connectivity index (χ2n) is 4.99. The van der Waals surface area contributed by atoms with Crippen LogP contribution in [0.2, 0.25) is 0 Å². The van der Waals surface area contributed by atoms with E-state index in [1.165, 1.54) is 4.88 Å². The van der Waals surface area contributed by atoms with Crippen LogP contribution in [0.5, 0.6) is 0 Å². The lowest BCUT2D eigenvalue weighted by molar-refractivity contribution is 0.0951. The predicted molar refractivity (Wildman–Crippen MR) is 88.0 cm³/mol. The molecule has 0 aliphatic carbocycles. The van der Waals surface area contributed by atoms with Crippen molar-refractivity contribution in [3.8, 4) is 0 Å². The Balaban J connectivity index is 2.07. The van der Waals surface area contributed by atoms with Crippen LogP contribution in [-0.4, -0.2) is 17.4 Å². The van der Waals surface area contributed by atoms with E-state index in [0.717, 1.165) is 29.2 Å². The lowest BCUT2D eigenvalue weighted by Gasteiger charge is -2.12. The fraction of sp³-hybridized carbons (Fsp3) is 0.375. The summed E-state index contributed by atoms with van der Waals surface area (Å²) in [5, 5.41) is 6.25. The quantitative estimate of drug-likeness (QED) is 0.858. The topological polar surface area (TPSA) is 54.0 Å². The summed E-state index contributed by atoms with van der Waals surface area (Å²) < 4.78 is 0. The molecule has 112 valence electrons. The van der Waals surface area contributed by atoms with E-state index in [2.05, 4.69) is 35.5 Å². The number of thiophene rings is 1. The van der Waals surface area contributed by atoms with Gasteiger partial charge < -0.3 is 10.6 Å². The summed E-state index contributed by atoms with van der Waals surface area (Å²) in [6.07, 6.45) is 2.65. The van der Waals surface area contributed by atoms with Crippen molar-refractivity contribution in [2.75, 3.05) is 11.9 Å². The van der Waals surface area contributed by atoms with Gasteiger partial charge in [0.2, 0.25) is 0 Å². The number of nitrogens with one attached hydrogen (secondary N) is 2. The molecule has 2 N–H and O–H groups in total. The maximum Gasteiger partial charge on any atom is 0.255 e. The van der Waals surface area contributed by atoms with Gasteiger partial charge in [0, 0.05) is 28.2 Å². The van der Waals surface area contributed by atoms with Crippen LogP contribution in [0.3, 0.4) is 0 Å². The van der Waals surface area contributed by atoms with E-state index in [1.54, 1.807) is 17.5 Å². The van der Waals surface area contributed by atoms with Gasteiger partial charge in [-0.25, -0.2) is 0 Å². The molecule has 21 heavy (non-hydrogen) atoms. The number of anilines is 1. The first kappa shape index (κ1) is 15.5. The summed E-state index contributed by atoms with van der Waals surface area (Å²) >= 11 is 1.70. The fourth-order valence-corrected chi connectivity index (χ4v) is 2.82. The summed E-state index contributed by atoms with van der Waals surface area (Å²) in [5.41, 5.74) is 2.35. The molecule has 0 aromatic carbocycles. The van der Waals surface area contributed by atoms with Gasteiger partial charge in [-0.3, -0.25) is 9.78 Å². The highest BCUT2D eigenvalue weighted by atomic mass is 32.1. The van der Waals surface area contributed by atoms with E-state index < -0.39 is 0 Å². The lowest BCUT2D eigenvalue weighted by Crippen LogP contribution is -2.24. The minimum Gasteiger partial charge on any atom is -0.384 e. The van der Waals surface area contributed by atoms with Crippen LogP contribution >= 0.6 is 11.3 Å². The zero-order valence-electron chi connectivity index (χ0n) is 12.7. The van der Waals surface area contributed by atoms with Gasteiger partial charge in [-0.2, -0.15) is 0 Å². The molecule has 5 heteroatoms. The van der Waals surface area contributed by atoms with Crippen molar-refractivity contribution in [1.82, 2.24) is 10.3 Å². The first-order valence-corrected chi connectivity index (χ1v) is 7.96. The van der Waals surface area contributed by atoms with Gasteiger partial charge in [0.1, 0.15) is 0 Å².